The third kappa shape index (κ3) is 5.59. The summed E-state index contributed by atoms with van der Waals surface area (Å²) in [6.45, 7) is 4.40. The number of benzene rings is 3. The predicted octanol–water partition coefficient (Wildman–Crippen LogP) is 6.27. The highest BCUT2D eigenvalue weighted by atomic mass is 16.5. The minimum absolute atomic E-state index is 0.218. The van der Waals surface area contributed by atoms with Gasteiger partial charge in [-0.05, 0) is 39.5 Å². The van der Waals surface area contributed by atoms with Gasteiger partial charge in [0, 0.05) is 34.4 Å². The van der Waals surface area contributed by atoms with Crippen molar-refractivity contribution in [1.29, 1.82) is 0 Å². The normalized spacial score (nSPS) is 11.0. The van der Waals surface area contributed by atoms with Crippen LogP contribution in [0.5, 0.6) is 11.5 Å². The highest BCUT2D eigenvalue weighted by Crippen LogP contribution is 2.42. The zero-order chi connectivity index (χ0) is 21.3. The molecule has 0 N–H and O–H groups in total. The first-order valence-electron chi connectivity index (χ1n) is 10.8. The number of hydrogen-bond acceptors (Lipinski definition) is 4. The molecule has 4 heteroatoms. The van der Waals surface area contributed by atoms with Crippen LogP contribution in [0.3, 0.4) is 0 Å². The first-order chi connectivity index (χ1) is 14.6. The molecule has 30 heavy (non-hydrogen) atoms. The summed E-state index contributed by atoms with van der Waals surface area (Å²) in [5, 5.41) is 4.12. The molecular formula is C26H30O4. The molecule has 0 aromatic heterocycles. The van der Waals surface area contributed by atoms with Crippen LogP contribution < -0.4 is 9.47 Å². The number of carbonyl (C=O) groups excluding carboxylic acids is 2. The average molecular weight is 407 g/mol. The van der Waals surface area contributed by atoms with Crippen LogP contribution in [0.2, 0.25) is 0 Å². The Kier molecular flexibility index (Phi) is 7.83. The van der Waals surface area contributed by atoms with Gasteiger partial charge in [0.2, 0.25) is 0 Å². The van der Waals surface area contributed by atoms with Gasteiger partial charge >= 0.3 is 0 Å². The molecule has 0 spiro atoms. The molecule has 0 aliphatic rings. The number of unbranched alkanes of at least 4 members (excludes halogenated alkanes) is 2. The van der Waals surface area contributed by atoms with Crippen LogP contribution in [0.15, 0.2) is 48.5 Å². The molecule has 0 saturated heterocycles. The molecule has 0 aliphatic heterocycles. The summed E-state index contributed by atoms with van der Waals surface area (Å²) < 4.78 is 12.5. The van der Waals surface area contributed by atoms with Crippen molar-refractivity contribution < 1.29 is 19.1 Å². The summed E-state index contributed by atoms with van der Waals surface area (Å²) in [7, 11) is 0. The highest BCUT2D eigenvalue weighted by molar-refractivity contribution is 6.11. The fourth-order valence-corrected chi connectivity index (χ4v) is 3.66. The minimum atomic E-state index is 0.218. The van der Waals surface area contributed by atoms with E-state index < -0.39 is 0 Å². The lowest BCUT2D eigenvalue weighted by molar-refractivity contribution is -0.118. The Morgan fingerprint density at radius 1 is 0.600 bits per heavy atom. The summed E-state index contributed by atoms with van der Waals surface area (Å²) in [5.74, 6) is 2.17. The van der Waals surface area contributed by atoms with E-state index in [9.17, 15) is 9.59 Å². The maximum Gasteiger partial charge on any atom is 0.135 e. The molecule has 4 nitrogen and oxygen atoms in total. The third-order valence-electron chi connectivity index (χ3n) is 5.17. The van der Waals surface area contributed by atoms with E-state index in [1.165, 1.54) is 0 Å². The highest BCUT2D eigenvalue weighted by Gasteiger charge is 2.15. The van der Waals surface area contributed by atoms with Gasteiger partial charge in [0.05, 0.1) is 13.2 Å². The quantitative estimate of drug-likeness (QED) is 0.263. The minimum Gasteiger partial charge on any atom is -0.492 e. The Balaban J connectivity index is 1.86. The predicted molar refractivity (Wildman–Crippen MR) is 122 cm³/mol. The number of fused-ring (bicyclic) bond motifs is 2. The van der Waals surface area contributed by atoms with E-state index in [1.807, 2.05) is 24.3 Å². The van der Waals surface area contributed by atoms with E-state index in [0.29, 0.717) is 26.1 Å². The molecule has 0 radical (unpaired) electrons. The number of carbonyl (C=O) groups is 2. The summed E-state index contributed by atoms with van der Waals surface area (Å²) >= 11 is 0. The van der Waals surface area contributed by atoms with E-state index in [-0.39, 0.29) is 11.6 Å². The Hall–Kier alpha value is -2.88. The van der Waals surface area contributed by atoms with E-state index in [4.69, 9.17) is 9.47 Å². The Morgan fingerprint density at radius 3 is 1.23 bits per heavy atom. The van der Waals surface area contributed by atoms with Crippen molar-refractivity contribution in [2.24, 2.45) is 0 Å². The van der Waals surface area contributed by atoms with Crippen molar-refractivity contribution in [3.63, 3.8) is 0 Å². The van der Waals surface area contributed by atoms with E-state index in [0.717, 1.165) is 58.7 Å². The van der Waals surface area contributed by atoms with Gasteiger partial charge in [-0.15, -0.1) is 0 Å². The molecule has 0 atom stereocenters. The van der Waals surface area contributed by atoms with Crippen molar-refractivity contribution in [2.45, 2.75) is 52.4 Å². The topological polar surface area (TPSA) is 52.6 Å². The van der Waals surface area contributed by atoms with Gasteiger partial charge < -0.3 is 19.1 Å². The zero-order valence-electron chi connectivity index (χ0n) is 17.9. The second-order valence-corrected chi connectivity index (χ2v) is 7.76. The van der Waals surface area contributed by atoms with E-state index in [1.54, 1.807) is 13.8 Å². The third-order valence-corrected chi connectivity index (χ3v) is 5.17. The van der Waals surface area contributed by atoms with Crippen LogP contribution in [0, 0.1) is 0 Å². The van der Waals surface area contributed by atoms with Crippen molar-refractivity contribution in [3.8, 4) is 11.5 Å². The Labute approximate surface area is 178 Å². The lowest BCUT2D eigenvalue weighted by Gasteiger charge is -2.18. The maximum atomic E-state index is 11.2. The Morgan fingerprint density at radius 2 is 0.933 bits per heavy atom. The zero-order valence-corrected chi connectivity index (χ0v) is 17.9. The molecule has 3 rings (SSSR count). The number of ketones is 2. The average Bonchev–Trinajstić information content (AvgIpc) is 2.73. The van der Waals surface area contributed by atoms with E-state index >= 15 is 0 Å². The summed E-state index contributed by atoms with van der Waals surface area (Å²) in [5.41, 5.74) is 0. The van der Waals surface area contributed by atoms with Crippen LogP contribution in [-0.4, -0.2) is 24.8 Å². The SMILES string of the molecule is CC(=O)CCCCOc1c2ccccc2c(OCCCCC(C)=O)c2ccccc12. The van der Waals surface area contributed by atoms with E-state index in [2.05, 4.69) is 24.3 Å². The summed E-state index contributed by atoms with van der Waals surface area (Å²) in [6, 6.07) is 16.3. The number of rotatable bonds is 12. The van der Waals surface area contributed by atoms with Gasteiger partial charge in [-0.3, -0.25) is 0 Å². The van der Waals surface area contributed by atoms with Gasteiger partial charge in [0.15, 0.2) is 0 Å². The molecule has 0 fully saturated rings. The fraction of sp³-hybridized carbons (Fsp3) is 0.385. The van der Waals surface area contributed by atoms with Crippen molar-refractivity contribution in [1.82, 2.24) is 0 Å². The van der Waals surface area contributed by atoms with Crippen LogP contribution in [-0.2, 0) is 9.59 Å². The van der Waals surface area contributed by atoms with Crippen LogP contribution in [0.4, 0.5) is 0 Å². The molecule has 158 valence electrons. The summed E-state index contributed by atoms with van der Waals surface area (Å²) in [4.78, 5) is 22.3. The number of ether oxygens (including phenoxy) is 2. The number of hydrogen-bond donors (Lipinski definition) is 0. The fourth-order valence-electron chi connectivity index (χ4n) is 3.66. The Bertz CT molecular complexity index is 883. The first-order valence-corrected chi connectivity index (χ1v) is 10.8. The molecule has 3 aromatic carbocycles. The molecule has 0 unspecified atom stereocenters. The van der Waals surface area contributed by atoms with Crippen molar-refractivity contribution in [2.75, 3.05) is 13.2 Å². The lowest BCUT2D eigenvalue weighted by atomic mass is 10.0. The second-order valence-electron chi connectivity index (χ2n) is 7.76. The van der Waals surface area contributed by atoms with Gasteiger partial charge in [-0.1, -0.05) is 48.5 Å². The number of Topliss-reactive ketones (excluding diaryl/α,β-unsaturated/α-hetero) is 2. The van der Waals surface area contributed by atoms with Crippen LogP contribution in [0.1, 0.15) is 52.4 Å². The molecular weight excluding hydrogens is 376 g/mol. The molecule has 0 aliphatic carbocycles. The van der Waals surface area contributed by atoms with Gasteiger partial charge in [-0.2, -0.15) is 0 Å². The first kappa shape index (κ1) is 21.8. The molecule has 0 heterocycles. The molecule has 3 aromatic rings. The van der Waals surface area contributed by atoms with Crippen molar-refractivity contribution in [3.05, 3.63) is 48.5 Å². The molecule has 0 bridgehead atoms. The molecule has 0 saturated carbocycles. The van der Waals surface area contributed by atoms with Gasteiger partial charge in [-0.25, -0.2) is 0 Å². The van der Waals surface area contributed by atoms with Gasteiger partial charge in [0.1, 0.15) is 23.1 Å². The van der Waals surface area contributed by atoms with Crippen LogP contribution in [0.25, 0.3) is 21.5 Å². The largest absolute Gasteiger partial charge is 0.492 e. The second kappa shape index (κ2) is 10.8. The van der Waals surface area contributed by atoms with Crippen LogP contribution >= 0.6 is 0 Å². The van der Waals surface area contributed by atoms with Crippen molar-refractivity contribution >= 4 is 33.1 Å². The summed E-state index contributed by atoms with van der Waals surface area (Å²) in [6.07, 6.45) is 4.56. The lowest BCUT2D eigenvalue weighted by Crippen LogP contribution is -2.03. The monoisotopic (exact) mass is 406 g/mol. The standard InChI is InChI=1S/C26H30O4/c1-19(27)11-7-9-17-29-25-21-13-3-5-15-23(21)26(24-16-6-4-14-22(24)25)30-18-10-8-12-20(2)28/h3-6,13-16H,7-12,17-18H2,1-2H3. The molecule has 0 amide bonds. The van der Waals surface area contributed by atoms with Gasteiger partial charge in [0.25, 0.3) is 0 Å². The maximum absolute atomic E-state index is 11.2. The smallest absolute Gasteiger partial charge is 0.135 e.